The molecule has 0 aliphatic rings. The third-order valence-corrected chi connectivity index (χ3v) is 1.80. The van der Waals surface area contributed by atoms with Gasteiger partial charge in [-0.2, -0.15) is 0 Å². The van der Waals surface area contributed by atoms with Crippen LogP contribution in [0, 0.1) is 0 Å². The van der Waals surface area contributed by atoms with E-state index in [1.54, 1.807) is 6.20 Å². The van der Waals surface area contributed by atoms with Crippen molar-refractivity contribution in [2.45, 2.75) is 0 Å². The summed E-state index contributed by atoms with van der Waals surface area (Å²) >= 11 is 1.46. The van der Waals surface area contributed by atoms with Gasteiger partial charge in [0.05, 0.1) is 0 Å². The molecule has 0 saturated carbocycles. The third kappa shape index (κ3) is 1.20. The maximum absolute atomic E-state index is 4.00. The van der Waals surface area contributed by atoms with Gasteiger partial charge in [-0.3, -0.25) is 0 Å². The highest BCUT2D eigenvalue weighted by molar-refractivity contribution is 7.12. The number of aromatic nitrogens is 5. The van der Waals surface area contributed by atoms with Gasteiger partial charge in [-0.05, 0) is 0 Å². The predicted molar refractivity (Wildman–Crippen MR) is 38.7 cm³/mol. The zero-order valence-electron chi connectivity index (χ0n) is 5.38. The summed E-state index contributed by atoms with van der Waals surface area (Å²) < 4.78 is 0. The van der Waals surface area contributed by atoms with Gasteiger partial charge in [0.2, 0.25) is 5.82 Å². The van der Waals surface area contributed by atoms with Crippen LogP contribution in [0.15, 0.2) is 17.9 Å². The van der Waals surface area contributed by atoms with Crippen LogP contribution in [-0.4, -0.2) is 25.4 Å². The van der Waals surface area contributed by atoms with Crippen molar-refractivity contribution in [2.24, 2.45) is 0 Å². The molecule has 2 aromatic heterocycles. The molecule has 0 atom stereocenters. The lowest BCUT2D eigenvalue weighted by atomic mass is 10.7. The second kappa shape index (κ2) is 2.67. The molecule has 0 saturated heterocycles. The second-order valence-electron chi connectivity index (χ2n) is 1.71. The fourth-order valence-corrected chi connectivity index (χ4v) is 1.18. The van der Waals surface area contributed by atoms with E-state index in [1.165, 1.54) is 17.7 Å². The van der Waals surface area contributed by atoms with Crippen LogP contribution in [0.2, 0.25) is 0 Å². The van der Waals surface area contributed by atoms with Gasteiger partial charge in [0.25, 0.3) is 0 Å². The average molecular weight is 165 g/mol. The summed E-state index contributed by atoms with van der Waals surface area (Å²) in [6.45, 7) is 0. The van der Waals surface area contributed by atoms with Gasteiger partial charge in [-0.15, -0.1) is 31.7 Å². The summed E-state index contributed by atoms with van der Waals surface area (Å²) in [6, 6.07) is 0. The van der Waals surface area contributed by atoms with Crippen LogP contribution < -0.4 is 0 Å². The molecule has 0 spiro atoms. The van der Waals surface area contributed by atoms with Crippen LogP contribution in [0.4, 0.5) is 0 Å². The molecular weight excluding hydrogens is 162 g/mol. The second-order valence-corrected chi connectivity index (χ2v) is 2.60. The molecule has 0 aliphatic carbocycles. The molecule has 0 unspecified atom stereocenters. The highest BCUT2D eigenvalue weighted by Gasteiger charge is 2.02. The number of hydrogen-bond donors (Lipinski definition) is 0. The van der Waals surface area contributed by atoms with E-state index in [4.69, 9.17) is 0 Å². The van der Waals surface area contributed by atoms with Gasteiger partial charge in [0.1, 0.15) is 0 Å². The SMILES string of the molecule is c1nnc(-c2nccs2)nn1. The fourth-order valence-electron chi connectivity index (χ4n) is 0.624. The van der Waals surface area contributed by atoms with E-state index < -0.39 is 0 Å². The first-order chi connectivity index (χ1) is 5.47. The van der Waals surface area contributed by atoms with Crippen molar-refractivity contribution < 1.29 is 0 Å². The van der Waals surface area contributed by atoms with Crippen LogP contribution in [0.25, 0.3) is 10.8 Å². The molecular formula is C5H3N5S. The van der Waals surface area contributed by atoms with Crippen molar-refractivity contribution in [2.75, 3.05) is 0 Å². The molecule has 2 heterocycles. The monoisotopic (exact) mass is 165 g/mol. The molecule has 0 fully saturated rings. The summed E-state index contributed by atoms with van der Waals surface area (Å²) in [5, 5.41) is 17.3. The standard InChI is InChI=1S/C5H3N5S/c1-2-11-5(6-1)4-9-7-3-8-10-4/h1-3H. The smallest absolute Gasteiger partial charge is 0.232 e. The van der Waals surface area contributed by atoms with Crippen LogP contribution in [0.1, 0.15) is 0 Å². The predicted octanol–water partition coefficient (Wildman–Crippen LogP) is 0.390. The normalized spacial score (nSPS) is 9.82. The highest BCUT2D eigenvalue weighted by atomic mass is 32.1. The Balaban J connectivity index is 2.46. The topological polar surface area (TPSA) is 64.5 Å². The van der Waals surface area contributed by atoms with Crippen molar-refractivity contribution in [3.63, 3.8) is 0 Å². The molecule has 2 aromatic rings. The zero-order chi connectivity index (χ0) is 7.52. The first kappa shape index (κ1) is 6.29. The van der Waals surface area contributed by atoms with Crippen molar-refractivity contribution in [3.05, 3.63) is 17.9 Å². The molecule has 0 bridgehead atoms. The maximum atomic E-state index is 4.00. The summed E-state index contributed by atoms with van der Waals surface area (Å²) in [4.78, 5) is 4.00. The van der Waals surface area contributed by atoms with Gasteiger partial charge in [0, 0.05) is 11.6 Å². The summed E-state index contributed by atoms with van der Waals surface area (Å²) in [5.74, 6) is 0.475. The van der Waals surface area contributed by atoms with Gasteiger partial charge < -0.3 is 0 Å². The molecule has 6 heteroatoms. The van der Waals surface area contributed by atoms with Crippen LogP contribution >= 0.6 is 11.3 Å². The van der Waals surface area contributed by atoms with E-state index in [-0.39, 0.29) is 0 Å². The Morgan fingerprint density at radius 3 is 2.64 bits per heavy atom. The molecule has 0 aliphatic heterocycles. The quantitative estimate of drug-likeness (QED) is 0.611. The minimum Gasteiger partial charge on any atom is -0.241 e. The summed E-state index contributed by atoms with van der Waals surface area (Å²) in [5.41, 5.74) is 0. The Kier molecular flexibility index (Phi) is 1.53. The zero-order valence-corrected chi connectivity index (χ0v) is 6.19. The van der Waals surface area contributed by atoms with Gasteiger partial charge in [0.15, 0.2) is 11.3 Å². The lowest BCUT2D eigenvalue weighted by Crippen LogP contribution is -1.92. The molecule has 0 amide bonds. The van der Waals surface area contributed by atoms with E-state index in [1.807, 2.05) is 5.38 Å². The summed E-state index contributed by atoms with van der Waals surface area (Å²) in [6.07, 6.45) is 2.98. The van der Waals surface area contributed by atoms with Crippen LogP contribution in [0.5, 0.6) is 0 Å². The van der Waals surface area contributed by atoms with Gasteiger partial charge in [-0.25, -0.2) is 4.98 Å². The molecule has 11 heavy (non-hydrogen) atoms. The van der Waals surface area contributed by atoms with E-state index >= 15 is 0 Å². The minimum atomic E-state index is 0.475. The Bertz CT molecular complexity index is 318. The van der Waals surface area contributed by atoms with Crippen molar-refractivity contribution in [3.8, 4) is 10.8 Å². The third-order valence-electron chi connectivity index (χ3n) is 1.03. The summed E-state index contributed by atoms with van der Waals surface area (Å²) in [7, 11) is 0. The number of rotatable bonds is 1. The Morgan fingerprint density at radius 1 is 1.18 bits per heavy atom. The van der Waals surface area contributed by atoms with E-state index in [2.05, 4.69) is 25.4 Å². The van der Waals surface area contributed by atoms with Gasteiger partial charge >= 0.3 is 0 Å². The first-order valence-corrected chi connectivity index (χ1v) is 3.75. The Hall–Kier alpha value is -1.43. The van der Waals surface area contributed by atoms with Crippen molar-refractivity contribution in [1.82, 2.24) is 25.4 Å². The number of thiazole rings is 1. The molecule has 5 nitrogen and oxygen atoms in total. The van der Waals surface area contributed by atoms with Crippen molar-refractivity contribution >= 4 is 11.3 Å². The van der Waals surface area contributed by atoms with E-state index in [9.17, 15) is 0 Å². The van der Waals surface area contributed by atoms with E-state index in [0.29, 0.717) is 5.82 Å². The number of hydrogen-bond acceptors (Lipinski definition) is 6. The van der Waals surface area contributed by atoms with Crippen molar-refractivity contribution in [1.29, 1.82) is 0 Å². The first-order valence-electron chi connectivity index (χ1n) is 2.87. The lowest BCUT2D eigenvalue weighted by molar-refractivity contribution is 0.863. The van der Waals surface area contributed by atoms with Crippen LogP contribution in [0.3, 0.4) is 0 Å². The fraction of sp³-hybridized carbons (Fsp3) is 0. The van der Waals surface area contributed by atoms with E-state index in [0.717, 1.165) is 5.01 Å². The van der Waals surface area contributed by atoms with Crippen LogP contribution in [-0.2, 0) is 0 Å². The maximum Gasteiger partial charge on any atom is 0.232 e. The molecule has 0 radical (unpaired) electrons. The molecule has 0 aromatic carbocycles. The van der Waals surface area contributed by atoms with Gasteiger partial charge in [-0.1, -0.05) is 0 Å². The highest BCUT2D eigenvalue weighted by Crippen LogP contribution is 2.14. The molecule has 2 rings (SSSR count). The molecule has 54 valence electrons. The lowest BCUT2D eigenvalue weighted by Gasteiger charge is -1.86. The Labute approximate surface area is 66.2 Å². The minimum absolute atomic E-state index is 0.475. The number of nitrogens with zero attached hydrogens (tertiary/aromatic N) is 5. The largest absolute Gasteiger partial charge is 0.241 e. The molecule has 0 N–H and O–H groups in total. The Morgan fingerprint density at radius 2 is 2.00 bits per heavy atom. The average Bonchev–Trinajstić information content (AvgIpc) is 2.58.